The lowest BCUT2D eigenvalue weighted by molar-refractivity contribution is 0.0465. The third-order valence-corrected chi connectivity index (χ3v) is 5.88. The van der Waals surface area contributed by atoms with Crippen molar-refractivity contribution < 1.29 is 23.8 Å². The van der Waals surface area contributed by atoms with Crippen LogP contribution in [-0.4, -0.2) is 46.8 Å². The molecule has 0 saturated heterocycles. The van der Waals surface area contributed by atoms with Gasteiger partial charge >= 0.3 is 12.1 Å². The summed E-state index contributed by atoms with van der Waals surface area (Å²) >= 11 is 0. The molecule has 2 atom stereocenters. The standard InChI is InChI=1S/C26H29N5O5/c1-4-18-13-19(24-21(11-12-23(30-24)34-3)31(18)26(33)35-5-2)29-22-15-27-20(14-28-22)25(32)36-16-17-9-7-6-8-10-17/h6-12,14-15,18-19H,4-5,13,16H2,1-3H3,(H,28,29). The maximum Gasteiger partial charge on any atom is 0.414 e. The highest BCUT2D eigenvalue weighted by atomic mass is 16.6. The fraction of sp³-hybridized carbons (Fsp3) is 0.346. The minimum Gasteiger partial charge on any atom is -0.481 e. The minimum atomic E-state index is -0.552. The van der Waals surface area contributed by atoms with Gasteiger partial charge in [0.15, 0.2) is 5.69 Å². The van der Waals surface area contributed by atoms with Crippen LogP contribution in [0, 0.1) is 0 Å². The van der Waals surface area contributed by atoms with Crippen molar-refractivity contribution in [3.05, 3.63) is 71.8 Å². The zero-order chi connectivity index (χ0) is 25.5. The van der Waals surface area contributed by atoms with Crippen LogP contribution in [0.4, 0.5) is 16.3 Å². The number of aromatic nitrogens is 3. The number of pyridine rings is 1. The molecule has 2 aromatic heterocycles. The van der Waals surface area contributed by atoms with E-state index in [4.69, 9.17) is 14.2 Å². The SMILES string of the molecule is CCOC(=O)N1c2ccc(OC)nc2C(Nc2cnc(C(=O)OCc3ccccc3)cn2)CC1CC. The fourth-order valence-electron chi connectivity index (χ4n) is 4.11. The first kappa shape index (κ1) is 24.9. The van der Waals surface area contributed by atoms with Gasteiger partial charge in [-0.25, -0.2) is 24.5 Å². The Hall–Kier alpha value is -4.21. The van der Waals surface area contributed by atoms with Crippen molar-refractivity contribution in [1.29, 1.82) is 0 Å². The summed E-state index contributed by atoms with van der Waals surface area (Å²) < 4.78 is 15.9. The summed E-state index contributed by atoms with van der Waals surface area (Å²) in [5, 5.41) is 3.35. The number of hydrogen-bond acceptors (Lipinski definition) is 9. The predicted octanol–water partition coefficient (Wildman–Crippen LogP) is 4.54. The maximum atomic E-state index is 12.8. The number of esters is 1. The van der Waals surface area contributed by atoms with E-state index >= 15 is 0 Å². The monoisotopic (exact) mass is 491 g/mol. The average molecular weight is 492 g/mol. The van der Waals surface area contributed by atoms with Crippen LogP contribution in [0.1, 0.15) is 54.5 Å². The Morgan fingerprint density at radius 3 is 2.53 bits per heavy atom. The van der Waals surface area contributed by atoms with Gasteiger partial charge < -0.3 is 19.5 Å². The number of fused-ring (bicyclic) bond motifs is 1. The number of carbonyl (C=O) groups excluding carboxylic acids is 2. The predicted molar refractivity (Wildman–Crippen MR) is 133 cm³/mol. The molecule has 1 aliphatic heterocycles. The average Bonchev–Trinajstić information content (AvgIpc) is 2.92. The Kier molecular flexibility index (Phi) is 7.94. The summed E-state index contributed by atoms with van der Waals surface area (Å²) in [5.74, 6) is 0.347. The number of hydrogen-bond donors (Lipinski definition) is 1. The number of anilines is 2. The van der Waals surface area contributed by atoms with Gasteiger partial charge in [-0.05, 0) is 31.4 Å². The molecule has 1 amide bonds. The topological polar surface area (TPSA) is 116 Å². The van der Waals surface area contributed by atoms with Crippen molar-refractivity contribution in [3.63, 3.8) is 0 Å². The molecule has 3 heterocycles. The highest BCUT2D eigenvalue weighted by Crippen LogP contribution is 2.40. The molecule has 1 aromatic carbocycles. The van der Waals surface area contributed by atoms with Gasteiger partial charge in [0.05, 0.1) is 43.5 Å². The molecule has 3 aromatic rings. The number of ether oxygens (including phenoxy) is 3. The number of methoxy groups -OCH3 is 1. The summed E-state index contributed by atoms with van der Waals surface area (Å²) in [6, 6.07) is 12.6. The van der Waals surface area contributed by atoms with E-state index in [-0.39, 0.29) is 31.0 Å². The lowest BCUT2D eigenvalue weighted by atomic mass is 9.93. The van der Waals surface area contributed by atoms with E-state index in [1.54, 1.807) is 25.0 Å². The Bertz CT molecular complexity index is 1190. The molecule has 0 radical (unpaired) electrons. The number of benzene rings is 1. The number of nitrogens with one attached hydrogen (secondary N) is 1. The first-order chi connectivity index (χ1) is 17.5. The second-order valence-electron chi connectivity index (χ2n) is 8.17. The van der Waals surface area contributed by atoms with Gasteiger partial charge in [0, 0.05) is 12.1 Å². The minimum absolute atomic E-state index is 0.107. The third kappa shape index (κ3) is 5.54. The second kappa shape index (κ2) is 11.5. The van der Waals surface area contributed by atoms with E-state index in [0.29, 0.717) is 29.5 Å². The molecule has 0 saturated carbocycles. The third-order valence-electron chi connectivity index (χ3n) is 5.88. The smallest absolute Gasteiger partial charge is 0.414 e. The zero-order valence-electron chi connectivity index (χ0n) is 20.5. The molecule has 10 heteroatoms. The summed E-state index contributed by atoms with van der Waals surface area (Å²) in [6.45, 7) is 4.23. The Morgan fingerprint density at radius 1 is 1.06 bits per heavy atom. The first-order valence-corrected chi connectivity index (χ1v) is 11.8. The normalized spacial score (nSPS) is 16.6. The van der Waals surface area contributed by atoms with Crippen LogP contribution >= 0.6 is 0 Å². The molecule has 36 heavy (non-hydrogen) atoms. The highest BCUT2D eigenvalue weighted by molar-refractivity contribution is 5.90. The van der Waals surface area contributed by atoms with Gasteiger partial charge in [-0.3, -0.25) is 4.90 Å². The lowest BCUT2D eigenvalue weighted by Gasteiger charge is -2.39. The van der Waals surface area contributed by atoms with Crippen molar-refractivity contribution in [2.45, 2.75) is 45.4 Å². The van der Waals surface area contributed by atoms with E-state index in [9.17, 15) is 9.59 Å². The molecule has 0 fully saturated rings. The van der Waals surface area contributed by atoms with E-state index in [1.165, 1.54) is 12.4 Å². The number of carbonyl (C=O) groups is 2. The second-order valence-corrected chi connectivity index (χ2v) is 8.17. The molecule has 0 spiro atoms. The molecule has 10 nitrogen and oxygen atoms in total. The lowest BCUT2D eigenvalue weighted by Crippen LogP contribution is -2.46. The van der Waals surface area contributed by atoms with Gasteiger partial charge in [0.25, 0.3) is 0 Å². The van der Waals surface area contributed by atoms with Crippen LogP contribution in [0.3, 0.4) is 0 Å². The van der Waals surface area contributed by atoms with Gasteiger partial charge in [-0.2, -0.15) is 0 Å². The van der Waals surface area contributed by atoms with Crippen LogP contribution < -0.4 is 15.0 Å². The highest BCUT2D eigenvalue weighted by Gasteiger charge is 2.37. The van der Waals surface area contributed by atoms with Gasteiger partial charge in [0.1, 0.15) is 12.4 Å². The van der Waals surface area contributed by atoms with Crippen LogP contribution in [0.5, 0.6) is 5.88 Å². The van der Waals surface area contributed by atoms with Crippen molar-refractivity contribution in [2.24, 2.45) is 0 Å². The van der Waals surface area contributed by atoms with Crippen LogP contribution in [0.15, 0.2) is 54.9 Å². The molecule has 188 valence electrons. The van der Waals surface area contributed by atoms with E-state index in [0.717, 1.165) is 12.0 Å². The molecule has 0 aliphatic carbocycles. The van der Waals surface area contributed by atoms with Gasteiger partial charge in [-0.1, -0.05) is 37.3 Å². The van der Waals surface area contributed by atoms with Crippen LogP contribution in [0.2, 0.25) is 0 Å². The molecule has 4 rings (SSSR count). The van der Waals surface area contributed by atoms with Crippen molar-refractivity contribution in [2.75, 3.05) is 23.9 Å². The molecule has 1 N–H and O–H groups in total. The summed E-state index contributed by atoms with van der Waals surface area (Å²) in [4.78, 5) is 40.0. The van der Waals surface area contributed by atoms with Crippen molar-refractivity contribution >= 4 is 23.6 Å². The molecule has 0 bridgehead atoms. The van der Waals surface area contributed by atoms with E-state index in [1.807, 2.05) is 43.3 Å². The Balaban J connectivity index is 1.52. The molecule has 1 aliphatic rings. The summed E-state index contributed by atoms with van der Waals surface area (Å²) in [6.07, 6.45) is 3.75. The van der Waals surface area contributed by atoms with Crippen LogP contribution in [0.25, 0.3) is 0 Å². The first-order valence-electron chi connectivity index (χ1n) is 11.8. The van der Waals surface area contributed by atoms with E-state index < -0.39 is 12.1 Å². The number of rotatable bonds is 8. The van der Waals surface area contributed by atoms with E-state index in [2.05, 4.69) is 20.3 Å². The van der Waals surface area contributed by atoms with Crippen molar-refractivity contribution in [3.8, 4) is 5.88 Å². The number of amides is 1. The Morgan fingerprint density at radius 2 is 1.86 bits per heavy atom. The van der Waals surface area contributed by atoms with Crippen molar-refractivity contribution in [1.82, 2.24) is 15.0 Å². The Labute approximate surface area is 209 Å². The van der Waals surface area contributed by atoms with Gasteiger partial charge in [-0.15, -0.1) is 0 Å². The zero-order valence-corrected chi connectivity index (χ0v) is 20.5. The fourth-order valence-corrected chi connectivity index (χ4v) is 4.11. The summed E-state index contributed by atoms with van der Waals surface area (Å²) in [5.41, 5.74) is 2.29. The largest absolute Gasteiger partial charge is 0.481 e. The van der Waals surface area contributed by atoms with Gasteiger partial charge in [0.2, 0.25) is 5.88 Å². The quantitative estimate of drug-likeness (QED) is 0.454. The summed E-state index contributed by atoms with van der Waals surface area (Å²) in [7, 11) is 1.54. The van der Waals surface area contributed by atoms with Crippen LogP contribution in [-0.2, 0) is 16.1 Å². The molecular weight excluding hydrogens is 462 g/mol. The molecular formula is C26H29N5O5. The maximum absolute atomic E-state index is 12.8. The molecule has 2 unspecified atom stereocenters. The number of nitrogens with zero attached hydrogens (tertiary/aromatic N) is 4.